The van der Waals surface area contributed by atoms with Crippen LogP contribution in [0.2, 0.25) is 0 Å². The Labute approximate surface area is 180 Å². The lowest BCUT2D eigenvalue weighted by molar-refractivity contribution is 0.591. The Morgan fingerprint density at radius 1 is 0.900 bits per heavy atom. The average Bonchev–Trinajstić information content (AvgIpc) is 2.74. The summed E-state index contributed by atoms with van der Waals surface area (Å²) in [6.07, 6.45) is 2.27. The third kappa shape index (κ3) is 4.39. The number of sulfonamides is 1. The Bertz CT molecular complexity index is 1160. The van der Waals surface area contributed by atoms with Gasteiger partial charge in [-0.25, -0.2) is 8.42 Å². The Balaban J connectivity index is 2.14. The van der Waals surface area contributed by atoms with Gasteiger partial charge in [-0.05, 0) is 55.2 Å². The van der Waals surface area contributed by atoms with Crippen molar-refractivity contribution in [3.05, 3.63) is 114 Å². The van der Waals surface area contributed by atoms with Crippen LogP contribution in [0.1, 0.15) is 28.7 Å². The molecule has 0 aliphatic rings. The van der Waals surface area contributed by atoms with Crippen molar-refractivity contribution in [2.75, 3.05) is 10.8 Å². The van der Waals surface area contributed by atoms with Crippen molar-refractivity contribution in [3.8, 4) is 0 Å². The maximum absolute atomic E-state index is 13.6. The highest BCUT2D eigenvalue weighted by atomic mass is 32.2. The van der Waals surface area contributed by atoms with E-state index in [0.29, 0.717) is 18.7 Å². The summed E-state index contributed by atoms with van der Waals surface area (Å²) < 4.78 is 28.7. The number of hydrogen-bond acceptors (Lipinski definition) is 2. The summed E-state index contributed by atoms with van der Waals surface area (Å²) in [7, 11) is -3.75. The van der Waals surface area contributed by atoms with Crippen LogP contribution in [0, 0.1) is 13.8 Å². The van der Waals surface area contributed by atoms with E-state index in [2.05, 4.69) is 13.2 Å². The molecule has 0 unspecified atom stereocenters. The number of nitrogens with zero attached hydrogens (tertiary/aromatic N) is 1. The Morgan fingerprint density at radius 2 is 1.50 bits per heavy atom. The second-order valence-electron chi connectivity index (χ2n) is 7.28. The minimum atomic E-state index is -3.75. The molecule has 3 nitrogen and oxygen atoms in total. The zero-order valence-electron chi connectivity index (χ0n) is 17.5. The first-order valence-corrected chi connectivity index (χ1v) is 11.3. The minimum absolute atomic E-state index is 0.272. The van der Waals surface area contributed by atoms with Crippen molar-refractivity contribution in [2.24, 2.45) is 0 Å². The van der Waals surface area contributed by atoms with Gasteiger partial charge >= 0.3 is 0 Å². The van der Waals surface area contributed by atoms with Crippen molar-refractivity contribution in [1.82, 2.24) is 0 Å². The molecule has 0 aliphatic carbocycles. The van der Waals surface area contributed by atoms with Crippen LogP contribution in [0.4, 0.5) is 5.69 Å². The summed E-state index contributed by atoms with van der Waals surface area (Å²) in [5.41, 5.74) is 5.32. The molecule has 0 fully saturated rings. The Hall–Kier alpha value is -3.11. The second-order valence-corrected chi connectivity index (χ2v) is 9.14. The van der Waals surface area contributed by atoms with E-state index in [1.54, 1.807) is 18.2 Å². The van der Waals surface area contributed by atoms with Crippen LogP contribution in [-0.2, 0) is 10.0 Å². The van der Waals surface area contributed by atoms with Crippen LogP contribution in [0.25, 0.3) is 5.57 Å². The molecule has 0 atom stereocenters. The molecule has 0 N–H and O–H groups in total. The van der Waals surface area contributed by atoms with Gasteiger partial charge in [0, 0.05) is 12.1 Å². The molecule has 0 spiro atoms. The van der Waals surface area contributed by atoms with Gasteiger partial charge in [0.25, 0.3) is 10.0 Å². The van der Waals surface area contributed by atoms with Crippen LogP contribution < -0.4 is 4.31 Å². The third-order valence-corrected chi connectivity index (χ3v) is 6.94. The number of rotatable bonds is 8. The van der Waals surface area contributed by atoms with E-state index in [0.717, 1.165) is 27.8 Å². The molecule has 0 saturated heterocycles. The molecule has 0 heterocycles. The first-order valence-electron chi connectivity index (χ1n) is 9.91. The predicted molar refractivity (Wildman–Crippen MR) is 126 cm³/mol. The lowest BCUT2D eigenvalue weighted by Crippen LogP contribution is -2.32. The van der Waals surface area contributed by atoms with Crippen molar-refractivity contribution in [1.29, 1.82) is 0 Å². The molecule has 3 aromatic carbocycles. The smallest absolute Gasteiger partial charge is 0.264 e. The molecule has 3 aromatic rings. The van der Waals surface area contributed by atoms with Crippen molar-refractivity contribution in [2.45, 2.75) is 25.2 Å². The fourth-order valence-corrected chi connectivity index (χ4v) is 4.92. The summed E-state index contributed by atoms with van der Waals surface area (Å²) in [4.78, 5) is 0.272. The van der Waals surface area contributed by atoms with Gasteiger partial charge in [0.2, 0.25) is 0 Å². The molecule has 154 valence electrons. The Morgan fingerprint density at radius 3 is 2.13 bits per heavy atom. The number of anilines is 1. The summed E-state index contributed by atoms with van der Waals surface area (Å²) in [5, 5.41) is 0. The molecule has 0 aliphatic heterocycles. The fraction of sp³-hybridized carbons (Fsp3) is 0.154. The van der Waals surface area contributed by atoms with Crippen LogP contribution >= 0.6 is 0 Å². The topological polar surface area (TPSA) is 37.4 Å². The van der Waals surface area contributed by atoms with Crippen LogP contribution in [0.5, 0.6) is 0 Å². The molecule has 0 aromatic heterocycles. The molecule has 0 radical (unpaired) electrons. The summed E-state index contributed by atoms with van der Waals surface area (Å²) >= 11 is 0. The molecule has 4 heteroatoms. The van der Waals surface area contributed by atoms with Crippen LogP contribution in [0.15, 0.2) is 96.9 Å². The standard InChI is InChI=1S/C26H27NO2S/c1-5-6-19-27(30(28,29)23-17-15-20(2)16-18-23)26-14-10-9-13-25(26)22(4)24-12-8-7-11-21(24)3/h5,7-18H,1,4,6,19H2,2-3H3. The van der Waals surface area contributed by atoms with E-state index in [-0.39, 0.29) is 4.90 Å². The quantitative estimate of drug-likeness (QED) is 0.413. The average molecular weight is 418 g/mol. The number of aryl methyl sites for hydroxylation is 2. The summed E-state index contributed by atoms with van der Waals surface area (Å²) in [6, 6.07) is 22.5. The van der Waals surface area contributed by atoms with Crippen LogP contribution in [0.3, 0.4) is 0 Å². The minimum Gasteiger partial charge on any atom is -0.265 e. The lowest BCUT2D eigenvalue weighted by Gasteiger charge is -2.27. The van der Waals surface area contributed by atoms with Gasteiger partial charge in [-0.3, -0.25) is 4.31 Å². The van der Waals surface area contributed by atoms with E-state index in [1.807, 2.05) is 74.5 Å². The zero-order chi connectivity index (χ0) is 21.7. The number of hydrogen-bond donors (Lipinski definition) is 0. The van der Waals surface area contributed by atoms with Gasteiger partial charge < -0.3 is 0 Å². The zero-order valence-corrected chi connectivity index (χ0v) is 18.3. The van der Waals surface area contributed by atoms with Gasteiger partial charge in [-0.15, -0.1) is 6.58 Å². The first kappa shape index (κ1) is 21.6. The molecular weight excluding hydrogens is 390 g/mol. The molecule has 0 amide bonds. The lowest BCUT2D eigenvalue weighted by atomic mass is 9.94. The maximum Gasteiger partial charge on any atom is 0.264 e. The molecule has 3 rings (SSSR count). The molecule has 0 bridgehead atoms. The normalized spacial score (nSPS) is 11.1. The van der Waals surface area contributed by atoms with Crippen molar-refractivity contribution in [3.63, 3.8) is 0 Å². The Kier molecular flexibility index (Phi) is 6.58. The first-order chi connectivity index (χ1) is 14.4. The van der Waals surface area contributed by atoms with Crippen molar-refractivity contribution < 1.29 is 8.42 Å². The van der Waals surface area contributed by atoms with Gasteiger partial charge in [0.05, 0.1) is 10.6 Å². The van der Waals surface area contributed by atoms with Gasteiger partial charge in [-0.1, -0.05) is 72.8 Å². The van der Waals surface area contributed by atoms with E-state index in [9.17, 15) is 8.42 Å². The molecule has 0 saturated carbocycles. The summed E-state index contributed by atoms with van der Waals surface area (Å²) in [6.45, 7) is 12.3. The van der Waals surface area contributed by atoms with E-state index in [4.69, 9.17) is 0 Å². The fourth-order valence-electron chi connectivity index (χ4n) is 3.42. The van der Waals surface area contributed by atoms with E-state index >= 15 is 0 Å². The monoisotopic (exact) mass is 417 g/mol. The molecule has 30 heavy (non-hydrogen) atoms. The largest absolute Gasteiger partial charge is 0.265 e. The maximum atomic E-state index is 13.6. The van der Waals surface area contributed by atoms with Gasteiger partial charge in [-0.2, -0.15) is 0 Å². The van der Waals surface area contributed by atoms with Gasteiger partial charge in [0.1, 0.15) is 0 Å². The van der Waals surface area contributed by atoms with Crippen LogP contribution in [-0.4, -0.2) is 15.0 Å². The highest BCUT2D eigenvalue weighted by Gasteiger charge is 2.27. The van der Waals surface area contributed by atoms with E-state index in [1.165, 1.54) is 4.31 Å². The third-order valence-electron chi connectivity index (χ3n) is 5.11. The van der Waals surface area contributed by atoms with E-state index < -0.39 is 10.0 Å². The SMILES string of the molecule is C=CCCN(c1ccccc1C(=C)c1ccccc1C)S(=O)(=O)c1ccc(C)cc1. The predicted octanol–water partition coefficient (Wildman–Crippen LogP) is 6.14. The molecular formula is C26H27NO2S. The second kappa shape index (κ2) is 9.14. The van der Waals surface area contributed by atoms with Gasteiger partial charge in [0.15, 0.2) is 0 Å². The number of benzene rings is 3. The highest BCUT2D eigenvalue weighted by molar-refractivity contribution is 7.92. The number of para-hydroxylation sites is 1. The van der Waals surface area contributed by atoms with Crippen molar-refractivity contribution >= 4 is 21.3 Å². The summed E-state index contributed by atoms with van der Waals surface area (Å²) in [5.74, 6) is 0. The highest BCUT2D eigenvalue weighted by Crippen LogP contribution is 2.34.